The van der Waals surface area contributed by atoms with Crippen molar-refractivity contribution in [1.82, 2.24) is 14.8 Å². The minimum absolute atomic E-state index is 0.0249. The van der Waals surface area contributed by atoms with Gasteiger partial charge in [-0.15, -0.1) is 16.8 Å². The van der Waals surface area contributed by atoms with Gasteiger partial charge in [0.2, 0.25) is 0 Å². The second kappa shape index (κ2) is 8.26. The second-order valence-electron chi connectivity index (χ2n) is 5.95. The number of Topliss-reactive ketones (excluding diaryl/α,β-unsaturated/α-hetero) is 1. The van der Waals surface area contributed by atoms with E-state index >= 15 is 0 Å². The molecule has 27 heavy (non-hydrogen) atoms. The van der Waals surface area contributed by atoms with Gasteiger partial charge in [-0.05, 0) is 44.2 Å². The molecule has 1 atom stereocenters. The topological polar surface area (TPSA) is 70.2 Å². The van der Waals surface area contributed by atoms with Crippen molar-refractivity contribution in [2.45, 2.75) is 30.8 Å². The number of rotatable bonds is 8. The van der Waals surface area contributed by atoms with Crippen LogP contribution in [0.5, 0.6) is 5.75 Å². The average Bonchev–Trinajstić information content (AvgIpc) is 3.27. The fourth-order valence-corrected chi connectivity index (χ4v) is 3.62. The lowest BCUT2D eigenvalue weighted by molar-refractivity contribution is 0.0994. The summed E-state index contributed by atoms with van der Waals surface area (Å²) in [6.07, 6.45) is 3.41. The predicted octanol–water partition coefficient (Wildman–Crippen LogP) is 4.40. The number of aryl methyl sites for hydroxylation is 1. The Morgan fingerprint density at radius 1 is 1.33 bits per heavy atom. The number of aromatic nitrogens is 3. The summed E-state index contributed by atoms with van der Waals surface area (Å²) in [6, 6.07) is 8.97. The van der Waals surface area contributed by atoms with Crippen LogP contribution in [0, 0.1) is 6.92 Å². The number of ketones is 1. The van der Waals surface area contributed by atoms with Crippen molar-refractivity contribution in [2.75, 3.05) is 7.11 Å². The molecule has 0 bridgehead atoms. The van der Waals surface area contributed by atoms with Crippen molar-refractivity contribution < 1.29 is 13.9 Å². The first-order valence-electron chi connectivity index (χ1n) is 8.48. The number of benzene rings is 1. The molecule has 3 rings (SSSR count). The number of carbonyl (C=O) groups excluding carboxylic acids is 1. The lowest BCUT2D eigenvalue weighted by Gasteiger charge is -2.12. The van der Waals surface area contributed by atoms with E-state index in [0.29, 0.717) is 23.1 Å². The van der Waals surface area contributed by atoms with Crippen LogP contribution in [-0.4, -0.2) is 32.9 Å². The van der Waals surface area contributed by atoms with E-state index in [1.54, 1.807) is 43.7 Å². The fraction of sp³-hybridized carbons (Fsp3) is 0.250. The molecule has 2 heterocycles. The van der Waals surface area contributed by atoms with Crippen LogP contribution in [0.25, 0.3) is 11.4 Å². The summed E-state index contributed by atoms with van der Waals surface area (Å²) in [4.78, 5) is 12.8. The zero-order valence-electron chi connectivity index (χ0n) is 15.5. The van der Waals surface area contributed by atoms with Crippen LogP contribution in [-0.2, 0) is 6.54 Å². The Bertz CT molecular complexity index is 944. The largest absolute Gasteiger partial charge is 0.497 e. The third-order valence-corrected chi connectivity index (χ3v) is 5.23. The minimum Gasteiger partial charge on any atom is -0.497 e. The number of ether oxygens (including phenoxy) is 1. The third kappa shape index (κ3) is 3.98. The lowest BCUT2D eigenvalue weighted by atomic mass is 10.1. The SMILES string of the molecule is C=CCn1c(S[C@@H](C)C(=O)c2ccc(OC)cc2)nnc1-c1ccoc1C. The smallest absolute Gasteiger partial charge is 0.192 e. The molecule has 6 nitrogen and oxygen atoms in total. The van der Waals surface area contributed by atoms with Crippen LogP contribution < -0.4 is 4.74 Å². The molecule has 0 aliphatic heterocycles. The van der Waals surface area contributed by atoms with Crippen molar-refractivity contribution in [3.8, 4) is 17.1 Å². The molecular weight excluding hydrogens is 362 g/mol. The maximum Gasteiger partial charge on any atom is 0.192 e. The summed E-state index contributed by atoms with van der Waals surface area (Å²) in [5, 5.41) is 8.94. The van der Waals surface area contributed by atoms with E-state index in [-0.39, 0.29) is 11.0 Å². The Balaban J connectivity index is 1.83. The van der Waals surface area contributed by atoms with Crippen LogP contribution >= 0.6 is 11.8 Å². The standard InChI is InChI=1S/C20H21N3O3S/c1-5-11-23-19(17-10-12-26-13(17)2)21-22-20(23)27-14(3)18(24)15-6-8-16(25-4)9-7-15/h5-10,12,14H,1,11H2,2-4H3/t14-/m0/s1. The van der Waals surface area contributed by atoms with E-state index in [9.17, 15) is 4.79 Å². The van der Waals surface area contributed by atoms with Crippen LogP contribution in [0.2, 0.25) is 0 Å². The first-order valence-corrected chi connectivity index (χ1v) is 9.36. The van der Waals surface area contributed by atoms with Crippen molar-refractivity contribution >= 4 is 17.5 Å². The first kappa shape index (κ1) is 19.0. The first-order chi connectivity index (χ1) is 13.0. The molecule has 0 unspecified atom stereocenters. The van der Waals surface area contributed by atoms with Crippen LogP contribution in [0.1, 0.15) is 23.0 Å². The van der Waals surface area contributed by atoms with E-state index in [2.05, 4.69) is 16.8 Å². The quantitative estimate of drug-likeness (QED) is 0.326. The van der Waals surface area contributed by atoms with Gasteiger partial charge in [-0.2, -0.15) is 0 Å². The van der Waals surface area contributed by atoms with E-state index in [4.69, 9.17) is 9.15 Å². The highest BCUT2D eigenvalue weighted by Crippen LogP contribution is 2.30. The monoisotopic (exact) mass is 383 g/mol. The van der Waals surface area contributed by atoms with Gasteiger partial charge in [-0.3, -0.25) is 9.36 Å². The van der Waals surface area contributed by atoms with Crippen LogP contribution in [0.15, 0.2) is 58.8 Å². The Labute approximate surface area is 162 Å². The zero-order valence-corrected chi connectivity index (χ0v) is 16.3. The van der Waals surface area contributed by atoms with E-state index < -0.39 is 0 Å². The Morgan fingerprint density at radius 3 is 2.67 bits per heavy atom. The number of methoxy groups -OCH3 is 1. The van der Waals surface area contributed by atoms with Gasteiger partial charge in [0.25, 0.3) is 0 Å². The predicted molar refractivity (Wildman–Crippen MR) is 105 cm³/mol. The number of thioether (sulfide) groups is 1. The van der Waals surface area contributed by atoms with E-state index in [1.807, 2.05) is 24.5 Å². The summed E-state index contributed by atoms with van der Waals surface area (Å²) >= 11 is 1.38. The maximum atomic E-state index is 12.8. The number of carbonyl (C=O) groups is 1. The molecule has 0 spiro atoms. The molecule has 2 aromatic heterocycles. The number of furan rings is 1. The van der Waals surface area contributed by atoms with E-state index in [0.717, 1.165) is 17.1 Å². The van der Waals surface area contributed by atoms with Crippen molar-refractivity contribution in [2.24, 2.45) is 0 Å². The molecule has 0 aliphatic carbocycles. The highest BCUT2D eigenvalue weighted by Gasteiger charge is 2.22. The van der Waals surface area contributed by atoms with Gasteiger partial charge < -0.3 is 9.15 Å². The van der Waals surface area contributed by atoms with E-state index in [1.165, 1.54) is 11.8 Å². The Morgan fingerprint density at radius 2 is 2.07 bits per heavy atom. The van der Waals surface area contributed by atoms with Gasteiger partial charge in [0, 0.05) is 12.1 Å². The van der Waals surface area contributed by atoms with Gasteiger partial charge in [-0.25, -0.2) is 0 Å². The van der Waals surface area contributed by atoms with Gasteiger partial charge >= 0.3 is 0 Å². The normalized spacial score (nSPS) is 12.0. The zero-order chi connectivity index (χ0) is 19.4. The van der Waals surface area contributed by atoms with Crippen LogP contribution in [0.3, 0.4) is 0 Å². The molecule has 0 radical (unpaired) electrons. The molecule has 3 aromatic rings. The molecule has 0 saturated carbocycles. The highest BCUT2D eigenvalue weighted by atomic mass is 32.2. The molecule has 0 N–H and O–H groups in total. The molecule has 0 saturated heterocycles. The summed E-state index contributed by atoms with van der Waals surface area (Å²) in [7, 11) is 1.60. The third-order valence-electron chi connectivity index (χ3n) is 4.15. The van der Waals surface area contributed by atoms with Crippen LogP contribution in [0.4, 0.5) is 0 Å². The van der Waals surface area contributed by atoms with Gasteiger partial charge in [0.15, 0.2) is 16.8 Å². The summed E-state index contributed by atoms with van der Waals surface area (Å²) in [5.41, 5.74) is 1.52. The fourth-order valence-electron chi connectivity index (χ4n) is 2.69. The number of hydrogen-bond donors (Lipinski definition) is 0. The summed E-state index contributed by atoms with van der Waals surface area (Å²) in [5.74, 6) is 2.22. The lowest BCUT2D eigenvalue weighted by Crippen LogP contribution is -2.14. The summed E-state index contributed by atoms with van der Waals surface area (Å²) < 4.78 is 12.5. The molecule has 0 aliphatic rings. The molecule has 1 aromatic carbocycles. The van der Waals surface area contributed by atoms with Gasteiger partial charge in [-0.1, -0.05) is 17.8 Å². The molecular formula is C20H21N3O3S. The Kier molecular flexibility index (Phi) is 5.81. The second-order valence-corrected chi connectivity index (χ2v) is 7.26. The van der Waals surface area contributed by atoms with Crippen molar-refractivity contribution in [1.29, 1.82) is 0 Å². The number of nitrogens with zero attached hydrogens (tertiary/aromatic N) is 3. The molecule has 140 valence electrons. The maximum absolute atomic E-state index is 12.8. The Hall–Kier alpha value is -2.80. The molecule has 0 fully saturated rings. The molecule has 0 amide bonds. The molecule has 7 heteroatoms. The summed E-state index contributed by atoms with van der Waals surface area (Å²) in [6.45, 7) is 8.10. The number of allylic oxidation sites excluding steroid dienone is 1. The van der Waals surface area contributed by atoms with Gasteiger partial charge in [0.1, 0.15) is 11.5 Å². The van der Waals surface area contributed by atoms with Crippen molar-refractivity contribution in [3.63, 3.8) is 0 Å². The highest BCUT2D eigenvalue weighted by molar-refractivity contribution is 8.00. The minimum atomic E-state index is -0.315. The van der Waals surface area contributed by atoms with Crippen molar-refractivity contribution in [3.05, 3.63) is 60.6 Å². The number of hydrogen-bond acceptors (Lipinski definition) is 6. The van der Waals surface area contributed by atoms with Gasteiger partial charge in [0.05, 0.1) is 24.2 Å². The average molecular weight is 383 g/mol.